The Kier molecular flexibility index (Phi) is 5.52. The Morgan fingerprint density at radius 2 is 2.11 bits per heavy atom. The average Bonchev–Trinajstić information content (AvgIpc) is 2.33. The van der Waals surface area contributed by atoms with Gasteiger partial charge in [-0.25, -0.2) is 0 Å². The van der Waals surface area contributed by atoms with Crippen LogP contribution in [-0.2, 0) is 4.79 Å². The number of allylic oxidation sites excluding steroid dienone is 1. The highest BCUT2D eigenvalue weighted by Gasteiger charge is 2.09. The fraction of sp³-hybridized carbons (Fsp3) is 0.308. The molecule has 0 amide bonds. The van der Waals surface area contributed by atoms with Crippen molar-refractivity contribution in [2.45, 2.75) is 12.8 Å². The molecule has 5 heteroatoms. The molecule has 0 aliphatic carbocycles. The van der Waals surface area contributed by atoms with E-state index in [1.165, 1.54) is 7.11 Å². The van der Waals surface area contributed by atoms with Crippen LogP contribution in [-0.4, -0.2) is 25.3 Å². The van der Waals surface area contributed by atoms with Crippen molar-refractivity contribution in [3.8, 4) is 11.5 Å². The standard InChI is InChI=1S/C13H15ClO4/c1-17-11-8-10(14)7-9(13(11)18-2)5-3-4-6-12(15)16/h3,5,7-8H,4,6H2,1-2H3,(H,15,16). The number of ether oxygens (including phenoxy) is 2. The van der Waals surface area contributed by atoms with Crippen LogP contribution in [0, 0.1) is 0 Å². The largest absolute Gasteiger partial charge is 0.493 e. The molecule has 0 aliphatic heterocycles. The second-order valence-electron chi connectivity index (χ2n) is 3.57. The first-order valence-electron chi connectivity index (χ1n) is 5.38. The summed E-state index contributed by atoms with van der Waals surface area (Å²) in [7, 11) is 3.08. The summed E-state index contributed by atoms with van der Waals surface area (Å²) in [6.45, 7) is 0. The van der Waals surface area contributed by atoms with E-state index in [1.54, 1.807) is 31.4 Å². The minimum Gasteiger partial charge on any atom is -0.493 e. The number of carboxylic acids is 1. The number of hydrogen-bond donors (Lipinski definition) is 1. The number of rotatable bonds is 6. The third kappa shape index (κ3) is 3.96. The minimum atomic E-state index is -0.824. The highest BCUT2D eigenvalue weighted by molar-refractivity contribution is 6.31. The lowest BCUT2D eigenvalue weighted by molar-refractivity contribution is -0.136. The van der Waals surface area contributed by atoms with Gasteiger partial charge in [0, 0.05) is 23.1 Å². The van der Waals surface area contributed by atoms with Gasteiger partial charge in [-0.1, -0.05) is 23.8 Å². The van der Waals surface area contributed by atoms with Crippen LogP contribution in [0.3, 0.4) is 0 Å². The van der Waals surface area contributed by atoms with Gasteiger partial charge in [0.15, 0.2) is 11.5 Å². The maximum absolute atomic E-state index is 10.4. The van der Waals surface area contributed by atoms with Gasteiger partial charge < -0.3 is 14.6 Å². The Hall–Kier alpha value is -1.68. The van der Waals surface area contributed by atoms with Crippen molar-refractivity contribution in [3.05, 3.63) is 28.8 Å². The molecule has 1 aromatic rings. The Bertz CT molecular complexity index is 455. The molecule has 0 spiro atoms. The fourth-order valence-electron chi connectivity index (χ4n) is 1.50. The quantitative estimate of drug-likeness (QED) is 0.862. The van der Waals surface area contributed by atoms with Crippen molar-refractivity contribution >= 4 is 23.6 Å². The van der Waals surface area contributed by atoms with Crippen molar-refractivity contribution in [2.75, 3.05) is 14.2 Å². The molecule has 0 saturated carbocycles. The molecule has 0 aliphatic rings. The van der Waals surface area contributed by atoms with E-state index in [4.69, 9.17) is 26.2 Å². The smallest absolute Gasteiger partial charge is 0.303 e. The summed E-state index contributed by atoms with van der Waals surface area (Å²) in [5.74, 6) is 0.298. The van der Waals surface area contributed by atoms with Crippen LogP contribution in [0.4, 0.5) is 0 Å². The summed E-state index contributed by atoms with van der Waals surface area (Å²) in [5, 5.41) is 9.07. The van der Waals surface area contributed by atoms with Gasteiger partial charge in [0.2, 0.25) is 0 Å². The maximum Gasteiger partial charge on any atom is 0.303 e. The minimum absolute atomic E-state index is 0.0938. The predicted octanol–water partition coefficient (Wildman–Crippen LogP) is 3.24. The first-order valence-corrected chi connectivity index (χ1v) is 5.76. The Labute approximate surface area is 111 Å². The van der Waals surface area contributed by atoms with E-state index in [1.807, 2.05) is 0 Å². The van der Waals surface area contributed by atoms with Gasteiger partial charge in [0.25, 0.3) is 0 Å². The van der Waals surface area contributed by atoms with Crippen LogP contribution >= 0.6 is 11.6 Å². The summed E-state index contributed by atoms with van der Waals surface area (Å²) < 4.78 is 10.4. The van der Waals surface area contributed by atoms with E-state index in [0.29, 0.717) is 22.9 Å². The average molecular weight is 271 g/mol. The molecule has 0 fully saturated rings. The first-order chi connectivity index (χ1) is 8.58. The van der Waals surface area contributed by atoms with Crippen molar-refractivity contribution in [1.82, 2.24) is 0 Å². The number of carbonyl (C=O) groups is 1. The third-order valence-electron chi connectivity index (χ3n) is 2.29. The SMILES string of the molecule is COc1cc(Cl)cc(C=CCCC(=O)O)c1OC. The van der Waals surface area contributed by atoms with Crippen LogP contribution < -0.4 is 9.47 Å². The maximum atomic E-state index is 10.4. The monoisotopic (exact) mass is 270 g/mol. The number of methoxy groups -OCH3 is 2. The lowest BCUT2D eigenvalue weighted by atomic mass is 10.1. The molecule has 98 valence electrons. The Balaban J connectivity index is 2.93. The van der Waals surface area contributed by atoms with Crippen molar-refractivity contribution in [3.63, 3.8) is 0 Å². The van der Waals surface area contributed by atoms with Gasteiger partial charge in [0.05, 0.1) is 14.2 Å². The van der Waals surface area contributed by atoms with Gasteiger partial charge in [-0.3, -0.25) is 4.79 Å². The van der Waals surface area contributed by atoms with E-state index >= 15 is 0 Å². The predicted molar refractivity (Wildman–Crippen MR) is 70.5 cm³/mol. The van der Waals surface area contributed by atoms with Gasteiger partial charge in [-0.2, -0.15) is 0 Å². The van der Waals surface area contributed by atoms with Crippen LogP contribution in [0.2, 0.25) is 5.02 Å². The van der Waals surface area contributed by atoms with Gasteiger partial charge in [-0.15, -0.1) is 0 Å². The molecule has 0 heterocycles. The zero-order valence-corrected chi connectivity index (χ0v) is 11.0. The van der Waals surface area contributed by atoms with Gasteiger partial charge in [-0.05, 0) is 12.5 Å². The second-order valence-corrected chi connectivity index (χ2v) is 4.00. The van der Waals surface area contributed by atoms with Crippen molar-refractivity contribution in [1.29, 1.82) is 0 Å². The Morgan fingerprint density at radius 1 is 1.39 bits per heavy atom. The number of aliphatic carboxylic acids is 1. The third-order valence-corrected chi connectivity index (χ3v) is 2.51. The second kappa shape index (κ2) is 6.91. The molecule has 18 heavy (non-hydrogen) atoms. The molecule has 0 saturated heterocycles. The van der Waals surface area contributed by atoms with E-state index in [-0.39, 0.29) is 6.42 Å². The summed E-state index contributed by atoms with van der Waals surface area (Å²) in [4.78, 5) is 10.4. The molecule has 4 nitrogen and oxygen atoms in total. The molecule has 0 bridgehead atoms. The molecule has 0 radical (unpaired) electrons. The molecule has 0 unspecified atom stereocenters. The van der Waals surface area contributed by atoms with Gasteiger partial charge in [0.1, 0.15) is 0 Å². The van der Waals surface area contributed by atoms with Gasteiger partial charge >= 0.3 is 5.97 Å². The molecule has 0 aromatic heterocycles. The molecule has 1 aromatic carbocycles. The summed E-state index contributed by atoms with van der Waals surface area (Å²) in [5.41, 5.74) is 0.757. The highest BCUT2D eigenvalue weighted by Crippen LogP contribution is 2.35. The van der Waals surface area contributed by atoms with E-state index in [9.17, 15) is 4.79 Å². The lowest BCUT2D eigenvalue weighted by Gasteiger charge is -2.11. The number of hydrogen-bond acceptors (Lipinski definition) is 3. The van der Waals surface area contributed by atoms with Crippen LogP contribution in [0.25, 0.3) is 6.08 Å². The fourth-order valence-corrected chi connectivity index (χ4v) is 1.72. The lowest BCUT2D eigenvalue weighted by Crippen LogP contribution is -1.94. The summed E-state index contributed by atoms with van der Waals surface area (Å²) >= 11 is 5.96. The Morgan fingerprint density at radius 3 is 2.67 bits per heavy atom. The molecular formula is C13H15ClO4. The highest BCUT2D eigenvalue weighted by atomic mass is 35.5. The zero-order valence-electron chi connectivity index (χ0n) is 10.3. The van der Waals surface area contributed by atoms with Crippen molar-refractivity contribution < 1.29 is 19.4 Å². The van der Waals surface area contributed by atoms with Crippen LogP contribution in [0.5, 0.6) is 11.5 Å². The van der Waals surface area contributed by atoms with Crippen molar-refractivity contribution in [2.24, 2.45) is 0 Å². The molecule has 0 atom stereocenters. The number of carboxylic acid groups (broad SMARTS) is 1. The summed E-state index contributed by atoms with van der Waals surface area (Å²) in [6, 6.07) is 3.40. The normalized spacial score (nSPS) is 10.6. The molecular weight excluding hydrogens is 256 g/mol. The topological polar surface area (TPSA) is 55.8 Å². The zero-order chi connectivity index (χ0) is 13.5. The number of benzene rings is 1. The first kappa shape index (κ1) is 14.4. The summed E-state index contributed by atoms with van der Waals surface area (Å²) in [6.07, 6.45) is 4.09. The molecule has 1 rings (SSSR count). The van der Waals surface area contributed by atoms with E-state index in [2.05, 4.69) is 0 Å². The van der Waals surface area contributed by atoms with Crippen LogP contribution in [0.15, 0.2) is 18.2 Å². The van der Waals surface area contributed by atoms with E-state index in [0.717, 1.165) is 5.56 Å². The van der Waals surface area contributed by atoms with Crippen LogP contribution in [0.1, 0.15) is 18.4 Å². The number of halogens is 1. The van der Waals surface area contributed by atoms with E-state index < -0.39 is 5.97 Å². The molecule has 1 N–H and O–H groups in total.